The molecule has 0 fully saturated rings. The molecular weight excluding hydrogens is 359 g/mol. The normalized spacial score (nSPS) is 12.7. The first-order valence-electron chi connectivity index (χ1n) is 11.3. The summed E-state index contributed by atoms with van der Waals surface area (Å²) in [5.74, 6) is 0. The Morgan fingerprint density at radius 3 is 1.19 bits per heavy atom. The molecule has 0 N–H and O–H groups in total. The van der Waals surface area contributed by atoms with Crippen molar-refractivity contribution in [1.29, 1.82) is 0 Å². The van der Waals surface area contributed by atoms with Gasteiger partial charge in [-0.3, -0.25) is 0 Å². The quantitative estimate of drug-likeness (QED) is 0.173. The Morgan fingerprint density at radius 1 is 0.538 bits per heavy atom. The minimum atomic E-state index is -2.47. The first-order valence-corrected chi connectivity index (χ1v) is 15.8. The molecule has 26 heavy (non-hydrogen) atoms. The molecule has 0 amide bonds. The van der Waals surface area contributed by atoms with Crippen molar-refractivity contribution in [3.05, 3.63) is 0 Å². The smallest absolute Gasteiger partial charge is 0.374 e. The van der Waals surface area contributed by atoms with Gasteiger partial charge >= 0.3 is 8.80 Å². The summed E-state index contributed by atoms with van der Waals surface area (Å²) in [6.07, 6.45) is 15.3. The van der Waals surface area contributed by atoms with Crippen LogP contribution in [0.1, 0.15) is 86.5 Å². The number of unbranched alkanes of at least 4 members (excludes halogenated alkanes) is 3. The molecule has 0 bridgehead atoms. The van der Waals surface area contributed by atoms with E-state index in [0.29, 0.717) is 19.8 Å². The van der Waals surface area contributed by atoms with Gasteiger partial charge in [0.2, 0.25) is 0 Å². The fourth-order valence-corrected chi connectivity index (χ4v) is 11.8. The summed E-state index contributed by atoms with van der Waals surface area (Å²) in [6, 6.07) is 0.995. The van der Waals surface area contributed by atoms with Gasteiger partial charge in [0.25, 0.3) is 0 Å². The highest BCUT2D eigenvalue weighted by Crippen LogP contribution is 2.61. The van der Waals surface area contributed by atoms with Crippen LogP contribution in [0.3, 0.4) is 0 Å². The lowest BCUT2D eigenvalue weighted by Crippen LogP contribution is -2.46. The van der Waals surface area contributed by atoms with Crippen molar-refractivity contribution in [3.63, 3.8) is 0 Å². The van der Waals surface area contributed by atoms with E-state index in [1.165, 1.54) is 69.6 Å². The van der Waals surface area contributed by atoms with Crippen molar-refractivity contribution in [1.82, 2.24) is 0 Å². The zero-order valence-electron chi connectivity index (χ0n) is 18.8. The van der Waals surface area contributed by atoms with Gasteiger partial charge in [0.15, 0.2) is 0 Å². The molecule has 158 valence electrons. The highest BCUT2D eigenvalue weighted by atomic mass is 31.2. The second-order valence-electron chi connectivity index (χ2n) is 7.38. The maximum Gasteiger partial charge on any atom is 0.501 e. The van der Waals surface area contributed by atoms with Crippen LogP contribution in [0, 0.1) is 0 Å². The van der Waals surface area contributed by atoms with Crippen LogP contribution in [0.4, 0.5) is 0 Å². The van der Waals surface area contributed by atoms with Crippen LogP contribution >= 0.6 is 7.26 Å². The molecule has 3 nitrogen and oxygen atoms in total. The molecule has 0 spiro atoms. The molecule has 0 aliphatic carbocycles. The van der Waals surface area contributed by atoms with E-state index in [0.717, 1.165) is 6.04 Å². The molecule has 0 aromatic heterocycles. The molecule has 0 radical (unpaired) electrons. The van der Waals surface area contributed by atoms with Crippen molar-refractivity contribution in [2.45, 2.75) is 92.5 Å². The minimum Gasteiger partial charge on any atom is -0.374 e. The Morgan fingerprint density at radius 2 is 0.885 bits per heavy atom. The summed E-state index contributed by atoms with van der Waals surface area (Å²) in [5.41, 5.74) is 0. The van der Waals surface area contributed by atoms with Gasteiger partial charge in [0.05, 0.1) is 24.6 Å². The Hall–Kier alpha value is 0.527. The predicted molar refractivity (Wildman–Crippen MR) is 121 cm³/mol. The van der Waals surface area contributed by atoms with Crippen molar-refractivity contribution in [3.8, 4) is 0 Å². The fourth-order valence-electron chi connectivity index (χ4n) is 3.78. The SMILES string of the molecule is CCCC[P+](CCCC)(CCCC)CCC[Si](OCC)(OCC)OCC. The zero-order valence-corrected chi connectivity index (χ0v) is 20.7. The van der Waals surface area contributed by atoms with Crippen molar-refractivity contribution in [2.24, 2.45) is 0 Å². The predicted octanol–water partition coefficient (Wildman–Crippen LogP) is 6.84. The summed E-state index contributed by atoms with van der Waals surface area (Å²) in [7, 11) is -3.30. The third kappa shape index (κ3) is 10.8. The van der Waals surface area contributed by atoms with E-state index in [9.17, 15) is 0 Å². The third-order valence-electron chi connectivity index (χ3n) is 5.17. The Bertz CT molecular complexity index is 277. The lowest BCUT2D eigenvalue weighted by molar-refractivity contribution is 0.0712. The zero-order chi connectivity index (χ0) is 19.7. The van der Waals surface area contributed by atoms with E-state index >= 15 is 0 Å². The summed E-state index contributed by atoms with van der Waals surface area (Å²) in [4.78, 5) is 0. The Kier molecular flexibility index (Phi) is 16.8. The molecule has 0 aromatic carbocycles. The summed E-state index contributed by atoms with van der Waals surface area (Å²) in [6.45, 7) is 15.3. The van der Waals surface area contributed by atoms with Crippen LogP contribution in [-0.2, 0) is 13.3 Å². The monoisotopic (exact) mass is 407 g/mol. The summed E-state index contributed by atoms with van der Waals surface area (Å²) < 4.78 is 18.2. The number of hydrogen-bond acceptors (Lipinski definition) is 3. The maximum absolute atomic E-state index is 6.08. The molecule has 0 aliphatic rings. The van der Waals surface area contributed by atoms with Crippen molar-refractivity contribution >= 4 is 16.1 Å². The van der Waals surface area contributed by atoms with Gasteiger partial charge < -0.3 is 13.3 Å². The van der Waals surface area contributed by atoms with Gasteiger partial charge in [-0.2, -0.15) is 0 Å². The molecule has 0 heterocycles. The minimum absolute atomic E-state index is 0.689. The third-order valence-corrected chi connectivity index (χ3v) is 13.4. The van der Waals surface area contributed by atoms with Gasteiger partial charge in [-0.15, -0.1) is 0 Å². The van der Waals surface area contributed by atoms with Crippen LogP contribution in [0.5, 0.6) is 0 Å². The molecule has 0 aliphatic heterocycles. The van der Waals surface area contributed by atoms with Crippen LogP contribution in [0.25, 0.3) is 0 Å². The standard InChI is InChI=1S/C21H48O3PSi/c1-7-13-17-25(18-14-8-2,19-15-9-3)20-16-21-26(22-10-4,23-11-5)24-12-6/h7-21H2,1-6H3/q+1. The highest BCUT2D eigenvalue weighted by molar-refractivity contribution is 7.75. The number of hydrogen-bond donors (Lipinski definition) is 0. The highest BCUT2D eigenvalue weighted by Gasteiger charge is 2.42. The topological polar surface area (TPSA) is 27.7 Å². The largest absolute Gasteiger partial charge is 0.501 e. The van der Waals surface area contributed by atoms with E-state index in [2.05, 4.69) is 41.5 Å². The molecule has 0 saturated heterocycles. The van der Waals surface area contributed by atoms with Gasteiger partial charge in [-0.25, -0.2) is 0 Å². The summed E-state index contributed by atoms with van der Waals surface area (Å²) >= 11 is 0. The van der Waals surface area contributed by atoms with Crippen molar-refractivity contribution in [2.75, 3.05) is 44.5 Å². The molecule has 0 aromatic rings. The Balaban J connectivity index is 5.02. The van der Waals surface area contributed by atoms with Crippen LogP contribution in [0.15, 0.2) is 0 Å². The van der Waals surface area contributed by atoms with Crippen molar-refractivity contribution < 1.29 is 13.3 Å². The second-order valence-corrected chi connectivity index (χ2v) is 14.6. The average Bonchev–Trinajstić information content (AvgIpc) is 2.63. The average molecular weight is 408 g/mol. The van der Waals surface area contributed by atoms with Crippen LogP contribution in [0.2, 0.25) is 6.04 Å². The van der Waals surface area contributed by atoms with E-state index in [1.54, 1.807) is 0 Å². The molecule has 0 unspecified atom stereocenters. The first kappa shape index (κ1) is 26.5. The molecule has 0 saturated carbocycles. The van der Waals surface area contributed by atoms with E-state index in [4.69, 9.17) is 13.3 Å². The molecule has 5 heteroatoms. The molecular formula is C21H48O3PSi+. The number of rotatable bonds is 19. The van der Waals surface area contributed by atoms with Crippen LogP contribution in [-0.4, -0.2) is 53.3 Å². The maximum atomic E-state index is 6.08. The molecule has 0 rings (SSSR count). The molecule has 0 atom stereocenters. The van der Waals surface area contributed by atoms with E-state index in [-0.39, 0.29) is 0 Å². The Labute approximate surface area is 166 Å². The van der Waals surface area contributed by atoms with E-state index in [1.807, 2.05) is 0 Å². The van der Waals surface area contributed by atoms with Gasteiger partial charge in [0.1, 0.15) is 0 Å². The van der Waals surface area contributed by atoms with Gasteiger partial charge in [-0.1, -0.05) is 40.0 Å². The van der Waals surface area contributed by atoms with Gasteiger partial charge in [-0.05, 0) is 46.5 Å². The lowest BCUT2D eigenvalue weighted by atomic mass is 10.4. The van der Waals surface area contributed by atoms with Gasteiger partial charge in [0, 0.05) is 33.1 Å². The van der Waals surface area contributed by atoms with Crippen LogP contribution < -0.4 is 0 Å². The second kappa shape index (κ2) is 16.5. The lowest BCUT2D eigenvalue weighted by Gasteiger charge is -2.31. The fraction of sp³-hybridized carbons (Fsp3) is 1.00. The summed E-state index contributed by atoms with van der Waals surface area (Å²) in [5, 5.41) is 0. The van der Waals surface area contributed by atoms with E-state index < -0.39 is 16.1 Å². The first-order chi connectivity index (χ1) is 12.6.